The minimum atomic E-state index is -0.435. The van der Waals surface area contributed by atoms with Crippen LogP contribution in [-0.2, 0) is 9.59 Å². The van der Waals surface area contributed by atoms with Gasteiger partial charge in [0.15, 0.2) is 6.61 Å². The minimum Gasteiger partial charge on any atom is -0.484 e. The highest BCUT2D eigenvalue weighted by atomic mass is 16.5. The van der Waals surface area contributed by atoms with Crippen molar-refractivity contribution in [3.05, 3.63) is 71.3 Å². The van der Waals surface area contributed by atoms with Gasteiger partial charge in [0.1, 0.15) is 17.4 Å². The molecule has 2 N–H and O–H groups in total. The van der Waals surface area contributed by atoms with E-state index in [1.807, 2.05) is 50.2 Å². The third-order valence-electron chi connectivity index (χ3n) is 3.95. The predicted molar refractivity (Wildman–Crippen MR) is 107 cm³/mol. The number of nitriles is 1. The summed E-state index contributed by atoms with van der Waals surface area (Å²) in [5, 5.41) is 14.8. The molecule has 1 atom stereocenters. The number of ether oxygens (including phenoxy) is 1. The van der Waals surface area contributed by atoms with Crippen molar-refractivity contribution in [3.8, 4) is 11.8 Å². The number of nitrogens with one attached hydrogen (secondary N) is 2. The summed E-state index contributed by atoms with van der Waals surface area (Å²) in [4.78, 5) is 23.8. The van der Waals surface area contributed by atoms with Crippen LogP contribution in [0, 0.1) is 11.3 Å². The standard InChI is InChI=1S/C22H23N3O3/c1-3-24-21(26)15-28-20-11-9-17(10-12-20)13-19(14-23)22(27)25-16(2)18-7-5-4-6-8-18/h4-13,16H,3,15H2,1-2H3,(H,24,26)(H,25,27)/b19-13-. The molecule has 2 aromatic carbocycles. The van der Waals surface area contributed by atoms with Gasteiger partial charge in [0.25, 0.3) is 11.8 Å². The van der Waals surface area contributed by atoms with Gasteiger partial charge >= 0.3 is 0 Å². The molecule has 0 aromatic heterocycles. The van der Waals surface area contributed by atoms with E-state index in [9.17, 15) is 14.9 Å². The van der Waals surface area contributed by atoms with Gasteiger partial charge in [-0.3, -0.25) is 9.59 Å². The molecule has 0 radical (unpaired) electrons. The van der Waals surface area contributed by atoms with Gasteiger partial charge in [-0.15, -0.1) is 0 Å². The lowest BCUT2D eigenvalue weighted by Crippen LogP contribution is -2.28. The summed E-state index contributed by atoms with van der Waals surface area (Å²) in [6.07, 6.45) is 1.51. The zero-order valence-electron chi connectivity index (χ0n) is 15.9. The molecule has 0 bridgehead atoms. The van der Waals surface area contributed by atoms with Crippen molar-refractivity contribution in [3.63, 3.8) is 0 Å². The quantitative estimate of drug-likeness (QED) is 0.546. The largest absolute Gasteiger partial charge is 0.484 e. The first kappa shape index (κ1) is 20.7. The Morgan fingerprint density at radius 2 is 1.82 bits per heavy atom. The highest BCUT2D eigenvalue weighted by Crippen LogP contribution is 2.16. The van der Waals surface area contributed by atoms with Crippen LogP contribution in [-0.4, -0.2) is 25.0 Å². The van der Waals surface area contributed by atoms with Crippen molar-refractivity contribution in [2.45, 2.75) is 19.9 Å². The molecule has 6 heteroatoms. The molecule has 0 aliphatic rings. The van der Waals surface area contributed by atoms with Gasteiger partial charge in [0, 0.05) is 6.54 Å². The van der Waals surface area contributed by atoms with E-state index in [4.69, 9.17) is 4.74 Å². The maximum Gasteiger partial charge on any atom is 0.262 e. The molecular formula is C22H23N3O3. The topological polar surface area (TPSA) is 91.2 Å². The van der Waals surface area contributed by atoms with Gasteiger partial charge in [0.05, 0.1) is 6.04 Å². The highest BCUT2D eigenvalue weighted by Gasteiger charge is 2.13. The Morgan fingerprint density at radius 3 is 2.43 bits per heavy atom. The Morgan fingerprint density at radius 1 is 1.14 bits per heavy atom. The molecule has 2 rings (SSSR count). The Balaban J connectivity index is 2.00. The Hall–Kier alpha value is -3.59. The van der Waals surface area contributed by atoms with Crippen LogP contribution in [0.5, 0.6) is 5.75 Å². The molecular weight excluding hydrogens is 354 g/mol. The maximum atomic E-state index is 12.4. The zero-order valence-corrected chi connectivity index (χ0v) is 15.9. The number of carbonyl (C=O) groups excluding carboxylic acids is 2. The van der Waals surface area contributed by atoms with E-state index in [1.54, 1.807) is 24.3 Å². The van der Waals surface area contributed by atoms with E-state index in [0.29, 0.717) is 17.9 Å². The maximum absolute atomic E-state index is 12.4. The molecule has 0 spiro atoms. The number of hydrogen-bond acceptors (Lipinski definition) is 4. The number of benzene rings is 2. The van der Waals surface area contributed by atoms with Gasteiger partial charge in [-0.05, 0) is 43.2 Å². The summed E-state index contributed by atoms with van der Waals surface area (Å²) in [5.41, 5.74) is 1.66. The fourth-order valence-corrected chi connectivity index (χ4v) is 2.47. The van der Waals surface area contributed by atoms with Crippen LogP contribution >= 0.6 is 0 Å². The van der Waals surface area contributed by atoms with Crippen LogP contribution < -0.4 is 15.4 Å². The van der Waals surface area contributed by atoms with Crippen LogP contribution in [0.25, 0.3) is 6.08 Å². The fourth-order valence-electron chi connectivity index (χ4n) is 2.47. The van der Waals surface area contributed by atoms with Crippen molar-refractivity contribution in [1.29, 1.82) is 5.26 Å². The Labute approximate surface area is 164 Å². The summed E-state index contributed by atoms with van der Waals surface area (Å²) in [6, 6.07) is 18.1. The lowest BCUT2D eigenvalue weighted by atomic mass is 10.1. The van der Waals surface area contributed by atoms with E-state index in [-0.39, 0.29) is 24.1 Å². The second-order valence-electron chi connectivity index (χ2n) is 6.09. The van der Waals surface area contributed by atoms with Crippen LogP contribution in [0.1, 0.15) is 31.0 Å². The zero-order chi connectivity index (χ0) is 20.4. The third kappa shape index (κ3) is 6.29. The average Bonchev–Trinajstić information content (AvgIpc) is 2.72. The van der Waals surface area contributed by atoms with Gasteiger partial charge in [-0.1, -0.05) is 42.5 Å². The molecule has 1 unspecified atom stereocenters. The van der Waals surface area contributed by atoms with Gasteiger partial charge in [-0.2, -0.15) is 5.26 Å². The number of likely N-dealkylation sites (N-methyl/N-ethyl adjacent to an activating group) is 1. The first-order chi connectivity index (χ1) is 13.5. The smallest absolute Gasteiger partial charge is 0.262 e. The predicted octanol–water partition coefficient (Wildman–Crippen LogP) is 2.99. The van der Waals surface area contributed by atoms with Crippen molar-refractivity contribution >= 4 is 17.9 Å². The molecule has 0 aliphatic heterocycles. The van der Waals surface area contributed by atoms with Crippen LogP contribution in [0.4, 0.5) is 0 Å². The van der Waals surface area contributed by atoms with Crippen LogP contribution in [0.15, 0.2) is 60.2 Å². The molecule has 144 valence electrons. The van der Waals surface area contributed by atoms with Gasteiger partial charge < -0.3 is 15.4 Å². The number of carbonyl (C=O) groups is 2. The molecule has 0 heterocycles. The molecule has 6 nitrogen and oxygen atoms in total. The Kier molecular flexibility index (Phi) is 7.79. The van der Waals surface area contributed by atoms with E-state index in [1.165, 1.54) is 6.08 Å². The van der Waals surface area contributed by atoms with E-state index in [0.717, 1.165) is 5.56 Å². The first-order valence-electron chi connectivity index (χ1n) is 9.00. The van der Waals surface area contributed by atoms with Gasteiger partial charge in [-0.25, -0.2) is 0 Å². The third-order valence-corrected chi connectivity index (χ3v) is 3.95. The highest BCUT2D eigenvalue weighted by molar-refractivity contribution is 6.01. The van der Waals surface area contributed by atoms with E-state index in [2.05, 4.69) is 10.6 Å². The molecule has 0 saturated heterocycles. The van der Waals surface area contributed by atoms with Crippen LogP contribution in [0.2, 0.25) is 0 Å². The van der Waals surface area contributed by atoms with Crippen molar-refractivity contribution in [1.82, 2.24) is 10.6 Å². The normalized spacial score (nSPS) is 11.8. The number of nitrogens with zero attached hydrogens (tertiary/aromatic N) is 1. The van der Waals surface area contributed by atoms with Crippen molar-refractivity contribution in [2.75, 3.05) is 13.2 Å². The molecule has 28 heavy (non-hydrogen) atoms. The average molecular weight is 377 g/mol. The fraction of sp³-hybridized carbons (Fsp3) is 0.227. The number of amides is 2. The van der Waals surface area contributed by atoms with Crippen molar-refractivity contribution < 1.29 is 14.3 Å². The Bertz CT molecular complexity index is 868. The summed E-state index contributed by atoms with van der Waals surface area (Å²) < 4.78 is 5.38. The van der Waals surface area contributed by atoms with E-state index < -0.39 is 5.91 Å². The summed E-state index contributed by atoms with van der Waals surface area (Å²) in [5.74, 6) is -0.0954. The van der Waals surface area contributed by atoms with E-state index >= 15 is 0 Å². The number of hydrogen-bond donors (Lipinski definition) is 2. The second kappa shape index (κ2) is 10.5. The van der Waals surface area contributed by atoms with Gasteiger partial charge in [0.2, 0.25) is 0 Å². The molecule has 0 fully saturated rings. The molecule has 2 aromatic rings. The minimum absolute atomic E-state index is 0.0128. The van der Waals surface area contributed by atoms with Crippen LogP contribution in [0.3, 0.4) is 0 Å². The van der Waals surface area contributed by atoms with Crippen molar-refractivity contribution in [2.24, 2.45) is 0 Å². The lowest BCUT2D eigenvalue weighted by Gasteiger charge is -2.13. The summed E-state index contributed by atoms with van der Waals surface area (Å²) >= 11 is 0. The lowest BCUT2D eigenvalue weighted by molar-refractivity contribution is -0.123. The summed E-state index contributed by atoms with van der Waals surface area (Å²) in [7, 11) is 0. The molecule has 0 saturated carbocycles. The SMILES string of the molecule is CCNC(=O)COc1ccc(/C=C(/C#N)C(=O)NC(C)c2ccccc2)cc1. The monoisotopic (exact) mass is 377 g/mol. The summed E-state index contributed by atoms with van der Waals surface area (Å²) in [6.45, 7) is 4.19. The number of rotatable bonds is 8. The molecule has 2 amide bonds. The molecule has 0 aliphatic carbocycles. The first-order valence-corrected chi connectivity index (χ1v) is 9.00. The second-order valence-corrected chi connectivity index (χ2v) is 6.09.